The number of anilines is 1. The van der Waals surface area contributed by atoms with Crippen molar-refractivity contribution in [1.29, 1.82) is 0 Å². The number of aryl methyl sites for hydroxylation is 1. The lowest BCUT2D eigenvalue weighted by molar-refractivity contribution is 0.122. The maximum atomic E-state index is 9.49. The van der Waals surface area contributed by atoms with Crippen LogP contribution in [0.5, 0.6) is 0 Å². The van der Waals surface area contributed by atoms with Crippen molar-refractivity contribution in [3.05, 3.63) is 41.8 Å². The molecule has 5 nitrogen and oxygen atoms in total. The molecule has 0 amide bonds. The zero-order chi connectivity index (χ0) is 19.7. The van der Waals surface area contributed by atoms with Gasteiger partial charge in [-0.1, -0.05) is 34.3 Å². The minimum atomic E-state index is -0.440. The first kappa shape index (κ1) is 22.1. The minimum absolute atomic E-state index is 0.0260. The molecule has 2 aromatic rings. The lowest BCUT2D eigenvalue weighted by Gasteiger charge is -2.29. The molecule has 3 rings (SSSR count). The first-order valence-electron chi connectivity index (χ1n) is 9.63. The standard InChI is InChI=1S/C17H23N3O2.2C2H6/c1-11-14(10-16(18)12(2)21)15-9-13(3-4-17(15)19-11)20-5-7-22-8-6-20;2*1-2/h3-4,9,16,19,21H,2,5-8,10,18H2,1H3;2*1-2H3. The summed E-state index contributed by atoms with van der Waals surface area (Å²) in [7, 11) is 0. The molecular weight excluding hydrogens is 326 g/mol. The molecule has 0 saturated carbocycles. The molecular formula is C21H35N3O2. The average molecular weight is 362 g/mol. The maximum Gasteiger partial charge on any atom is 0.102 e. The number of benzene rings is 1. The SMILES string of the molecule is C=C(O)C(N)Cc1c(C)[nH]c2ccc(N3CCOCC3)cc12.CC.CC. The number of ether oxygens (including phenoxy) is 1. The number of rotatable bonds is 4. The molecule has 4 N–H and O–H groups in total. The quantitative estimate of drug-likeness (QED) is 0.710. The fourth-order valence-electron chi connectivity index (χ4n) is 2.99. The van der Waals surface area contributed by atoms with Gasteiger partial charge in [-0.2, -0.15) is 0 Å². The van der Waals surface area contributed by atoms with Gasteiger partial charge in [-0.25, -0.2) is 0 Å². The van der Waals surface area contributed by atoms with Crippen LogP contribution in [0.3, 0.4) is 0 Å². The van der Waals surface area contributed by atoms with Crippen molar-refractivity contribution in [2.75, 3.05) is 31.2 Å². The van der Waals surface area contributed by atoms with Gasteiger partial charge in [0.15, 0.2) is 0 Å². The average Bonchev–Trinajstić information content (AvgIpc) is 3.00. The summed E-state index contributed by atoms with van der Waals surface area (Å²) >= 11 is 0. The highest BCUT2D eigenvalue weighted by Crippen LogP contribution is 2.28. The molecule has 1 aliphatic heterocycles. The lowest BCUT2D eigenvalue weighted by atomic mass is 10.0. The number of hydrogen-bond donors (Lipinski definition) is 3. The Balaban J connectivity index is 0.000000791. The maximum absolute atomic E-state index is 9.49. The van der Waals surface area contributed by atoms with E-state index in [-0.39, 0.29) is 5.76 Å². The van der Waals surface area contributed by atoms with Crippen LogP contribution in [0.4, 0.5) is 5.69 Å². The van der Waals surface area contributed by atoms with Gasteiger partial charge in [0.2, 0.25) is 0 Å². The molecule has 1 atom stereocenters. The van der Waals surface area contributed by atoms with Crippen molar-refractivity contribution >= 4 is 16.6 Å². The van der Waals surface area contributed by atoms with Gasteiger partial charge in [-0.15, -0.1) is 0 Å². The fourth-order valence-corrected chi connectivity index (χ4v) is 2.99. The summed E-state index contributed by atoms with van der Waals surface area (Å²) < 4.78 is 5.41. The van der Waals surface area contributed by atoms with E-state index in [4.69, 9.17) is 10.5 Å². The van der Waals surface area contributed by atoms with Gasteiger partial charge < -0.3 is 25.5 Å². The van der Waals surface area contributed by atoms with Crippen LogP contribution in [-0.4, -0.2) is 42.4 Å². The predicted octanol–water partition coefficient (Wildman–Crippen LogP) is 4.31. The van der Waals surface area contributed by atoms with Crippen molar-refractivity contribution in [2.24, 2.45) is 5.73 Å². The molecule has 1 aromatic carbocycles. The second-order valence-corrected chi connectivity index (χ2v) is 5.86. The Morgan fingerprint density at radius 2 is 1.88 bits per heavy atom. The highest BCUT2D eigenvalue weighted by Gasteiger charge is 2.16. The van der Waals surface area contributed by atoms with Crippen LogP contribution in [0.2, 0.25) is 0 Å². The topological polar surface area (TPSA) is 74.5 Å². The number of aromatic nitrogens is 1. The van der Waals surface area contributed by atoms with Crippen molar-refractivity contribution < 1.29 is 9.84 Å². The molecule has 1 unspecified atom stereocenters. The molecule has 1 fully saturated rings. The highest BCUT2D eigenvalue weighted by atomic mass is 16.5. The normalized spacial score (nSPS) is 14.8. The smallest absolute Gasteiger partial charge is 0.102 e. The molecule has 0 bridgehead atoms. The molecule has 26 heavy (non-hydrogen) atoms. The second kappa shape index (κ2) is 10.9. The van der Waals surface area contributed by atoms with E-state index in [0.29, 0.717) is 6.42 Å². The summed E-state index contributed by atoms with van der Waals surface area (Å²) in [6.45, 7) is 16.9. The molecule has 1 aromatic heterocycles. The number of aliphatic hydroxyl groups is 1. The van der Waals surface area contributed by atoms with Crippen LogP contribution in [0.15, 0.2) is 30.5 Å². The third-order valence-electron chi connectivity index (χ3n) is 4.33. The zero-order valence-electron chi connectivity index (χ0n) is 16.9. The van der Waals surface area contributed by atoms with E-state index in [1.165, 1.54) is 5.69 Å². The van der Waals surface area contributed by atoms with E-state index in [2.05, 4.69) is 34.7 Å². The van der Waals surface area contributed by atoms with Crippen LogP contribution >= 0.6 is 0 Å². The minimum Gasteiger partial charge on any atom is -0.511 e. The monoisotopic (exact) mass is 361 g/mol. The number of fused-ring (bicyclic) bond motifs is 1. The first-order valence-corrected chi connectivity index (χ1v) is 9.63. The largest absolute Gasteiger partial charge is 0.511 e. The molecule has 0 aliphatic carbocycles. The van der Waals surface area contributed by atoms with Crippen molar-refractivity contribution in [3.63, 3.8) is 0 Å². The predicted molar refractivity (Wildman–Crippen MR) is 112 cm³/mol. The molecule has 146 valence electrons. The van der Waals surface area contributed by atoms with Gasteiger partial charge in [0.25, 0.3) is 0 Å². The van der Waals surface area contributed by atoms with Crippen LogP contribution in [0.1, 0.15) is 39.0 Å². The number of nitrogens with two attached hydrogens (primary N) is 1. The number of nitrogens with zero attached hydrogens (tertiary/aromatic N) is 1. The van der Waals surface area contributed by atoms with Gasteiger partial charge >= 0.3 is 0 Å². The Morgan fingerprint density at radius 3 is 2.46 bits per heavy atom. The van der Waals surface area contributed by atoms with E-state index in [0.717, 1.165) is 48.5 Å². The summed E-state index contributed by atoms with van der Waals surface area (Å²) in [5, 5.41) is 10.7. The Labute approximate surface area is 157 Å². The summed E-state index contributed by atoms with van der Waals surface area (Å²) in [5.41, 5.74) is 10.5. The third kappa shape index (κ3) is 5.26. The number of aromatic amines is 1. The Morgan fingerprint density at radius 1 is 1.27 bits per heavy atom. The van der Waals surface area contributed by atoms with E-state index >= 15 is 0 Å². The van der Waals surface area contributed by atoms with Crippen LogP contribution in [0, 0.1) is 6.92 Å². The lowest BCUT2D eigenvalue weighted by Crippen LogP contribution is -2.36. The molecule has 2 heterocycles. The first-order chi connectivity index (χ1) is 12.6. The highest BCUT2D eigenvalue weighted by molar-refractivity contribution is 5.88. The summed E-state index contributed by atoms with van der Waals surface area (Å²) in [4.78, 5) is 5.72. The zero-order valence-corrected chi connectivity index (χ0v) is 16.9. The summed E-state index contributed by atoms with van der Waals surface area (Å²) in [6, 6.07) is 6.00. The fraction of sp³-hybridized carbons (Fsp3) is 0.524. The number of H-pyrrole nitrogens is 1. The second-order valence-electron chi connectivity index (χ2n) is 5.86. The van der Waals surface area contributed by atoms with Gasteiger partial charge in [-0.05, 0) is 37.1 Å². The summed E-state index contributed by atoms with van der Waals surface area (Å²) in [5.74, 6) is 0.0260. The van der Waals surface area contributed by atoms with Gasteiger partial charge in [0.1, 0.15) is 5.76 Å². The van der Waals surface area contributed by atoms with E-state index in [1.807, 2.05) is 34.6 Å². The van der Waals surface area contributed by atoms with Crippen LogP contribution in [0.25, 0.3) is 10.9 Å². The van der Waals surface area contributed by atoms with E-state index < -0.39 is 6.04 Å². The number of hydrogen-bond acceptors (Lipinski definition) is 4. The molecule has 0 spiro atoms. The van der Waals surface area contributed by atoms with Crippen LogP contribution in [-0.2, 0) is 11.2 Å². The van der Waals surface area contributed by atoms with Gasteiger partial charge in [0.05, 0.1) is 19.3 Å². The molecule has 0 radical (unpaired) electrons. The number of nitrogens with one attached hydrogen (secondary N) is 1. The van der Waals surface area contributed by atoms with Crippen molar-refractivity contribution in [2.45, 2.75) is 47.1 Å². The number of aliphatic hydroxyl groups excluding tert-OH is 1. The van der Waals surface area contributed by atoms with Crippen LogP contribution < -0.4 is 10.6 Å². The van der Waals surface area contributed by atoms with E-state index in [1.54, 1.807) is 0 Å². The van der Waals surface area contributed by atoms with E-state index in [9.17, 15) is 5.11 Å². The Hall–Kier alpha value is -1.98. The molecule has 5 heteroatoms. The number of morpholine rings is 1. The Kier molecular flexibility index (Phi) is 9.24. The summed E-state index contributed by atoms with van der Waals surface area (Å²) in [6.07, 6.45) is 0.577. The third-order valence-corrected chi connectivity index (χ3v) is 4.33. The van der Waals surface area contributed by atoms with Gasteiger partial charge in [0, 0.05) is 35.4 Å². The molecule has 1 saturated heterocycles. The van der Waals surface area contributed by atoms with Crippen molar-refractivity contribution in [3.8, 4) is 0 Å². The van der Waals surface area contributed by atoms with Gasteiger partial charge in [-0.3, -0.25) is 0 Å². The Bertz CT molecular complexity index is 688. The molecule has 1 aliphatic rings. The van der Waals surface area contributed by atoms with Crippen molar-refractivity contribution in [1.82, 2.24) is 4.98 Å².